The molecular weight excluding hydrogens is 438 g/mol. The van der Waals surface area contributed by atoms with Gasteiger partial charge in [-0.15, -0.1) is 0 Å². The van der Waals surface area contributed by atoms with Gasteiger partial charge in [-0.3, -0.25) is 9.59 Å². The molecule has 2 heterocycles. The van der Waals surface area contributed by atoms with Crippen LogP contribution in [0, 0.1) is 0 Å². The maximum absolute atomic E-state index is 12.6. The maximum atomic E-state index is 12.6. The van der Waals surface area contributed by atoms with Crippen molar-refractivity contribution in [2.24, 2.45) is 0 Å². The third-order valence-corrected chi connectivity index (χ3v) is 6.01. The Morgan fingerprint density at radius 3 is 2.67 bits per heavy atom. The number of rotatable bonds is 6. The minimum Gasteiger partial charge on any atom is -0.497 e. The summed E-state index contributed by atoms with van der Waals surface area (Å²) < 4.78 is 6.78. The quantitative estimate of drug-likeness (QED) is 0.295. The number of ether oxygens (including phenoxy) is 1. The van der Waals surface area contributed by atoms with Gasteiger partial charge in [-0.1, -0.05) is 48.2 Å². The number of hydrogen-bond acceptors (Lipinski definition) is 6. The molecule has 0 aliphatic heterocycles. The van der Waals surface area contributed by atoms with Crippen LogP contribution in [0.25, 0.3) is 27.5 Å². The number of fused-ring (bicyclic) bond motifs is 2. The summed E-state index contributed by atoms with van der Waals surface area (Å²) in [7, 11) is 1.60. The zero-order chi connectivity index (χ0) is 22.8. The lowest BCUT2D eigenvalue weighted by atomic mass is 10.1. The van der Waals surface area contributed by atoms with Crippen LogP contribution in [-0.4, -0.2) is 38.5 Å². The van der Waals surface area contributed by atoms with E-state index in [1.165, 1.54) is 6.20 Å². The second-order valence-corrected chi connectivity index (χ2v) is 8.19. The van der Waals surface area contributed by atoms with Gasteiger partial charge in [0, 0.05) is 11.1 Å². The minimum atomic E-state index is -0.309. The highest BCUT2D eigenvalue weighted by Gasteiger charge is 2.13. The summed E-state index contributed by atoms with van der Waals surface area (Å²) in [6.07, 6.45) is 1.48. The number of aromatic nitrogens is 4. The number of carbonyl (C=O) groups is 1. The lowest BCUT2D eigenvalue weighted by Gasteiger charge is -2.09. The third kappa shape index (κ3) is 4.18. The van der Waals surface area contributed by atoms with E-state index in [-0.39, 0.29) is 17.2 Å². The van der Waals surface area contributed by atoms with Gasteiger partial charge in [0.25, 0.3) is 5.56 Å². The van der Waals surface area contributed by atoms with E-state index in [1.54, 1.807) is 11.8 Å². The third-order valence-electron chi connectivity index (χ3n) is 5.14. The van der Waals surface area contributed by atoms with Crippen molar-refractivity contribution in [2.45, 2.75) is 5.16 Å². The molecule has 0 radical (unpaired) electrons. The highest BCUT2D eigenvalue weighted by Crippen LogP contribution is 2.24. The van der Waals surface area contributed by atoms with E-state index in [9.17, 15) is 9.59 Å². The molecule has 0 saturated carbocycles. The topological polar surface area (TPSA) is 102 Å². The van der Waals surface area contributed by atoms with Crippen molar-refractivity contribution in [1.82, 2.24) is 19.7 Å². The van der Waals surface area contributed by atoms with Crippen LogP contribution < -0.4 is 15.6 Å². The Morgan fingerprint density at radius 1 is 1.06 bits per heavy atom. The zero-order valence-electron chi connectivity index (χ0n) is 17.6. The number of aromatic amines is 1. The van der Waals surface area contributed by atoms with E-state index < -0.39 is 0 Å². The fourth-order valence-electron chi connectivity index (χ4n) is 3.53. The fraction of sp³-hybridized carbons (Fsp3) is 0.0833. The second-order valence-electron chi connectivity index (χ2n) is 7.23. The van der Waals surface area contributed by atoms with Crippen molar-refractivity contribution < 1.29 is 9.53 Å². The molecule has 0 spiro atoms. The number of amides is 1. The molecule has 9 heteroatoms. The van der Waals surface area contributed by atoms with E-state index in [4.69, 9.17) is 4.74 Å². The molecule has 164 valence electrons. The number of H-pyrrole nitrogens is 1. The molecule has 2 N–H and O–H groups in total. The van der Waals surface area contributed by atoms with Crippen LogP contribution in [0.15, 0.2) is 82.9 Å². The molecule has 33 heavy (non-hydrogen) atoms. The van der Waals surface area contributed by atoms with Crippen molar-refractivity contribution in [3.8, 4) is 11.4 Å². The lowest BCUT2D eigenvalue weighted by Crippen LogP contribution is -2.16. The van der Waals surface area contributed by atoms with Crippen LogP contribution >= 0.6 is 11.8 Å². The monoisotopic (exact) mass is 457 g/mol. The molecule has 8 nitrogen and oxygen atoms in total. The number of thioether (sulfide) groups is 1. The molecule has 0 saturated heterocycles. The predicted molar refractivity (Wildman–Crippen MR) is 129 cm³/mol. The molecule has 5 rings (SSSR count). The molecule has 0 fully saturated rings. The molecule has 0 aliphatic carbocycles. The van der Waals surface area contributed by atoms with E-state index in [0.717, 1.165) is 39.7 Å². The lowest BCUT2D eigenvalue weighted by molar-refractivity contribution is -0.113. The Balaban J connectivity index is 1.36. The first-order valence-corrected chi connectivity index (χ1v) is 11.1. The fourth-order valence-corrected chi connectivity index (χ4v) is 4.19. The van der Waals surface area contributed by atoms with Crippen LogP contribution in [-0.2, 0) is 4.79 Å². The molecule has 1 amide bonds. The normalized spacial score (nSPS) is 11.1. The first-order chi connectivity index (χ1) is 16.1. The highest BCUT2D eigenvalue weighted by atomic mass is 32.2. The van der Waals surface area contributed by atoms with Gasteiger partial charge in [0.2, 0.25) is 5.91 Å². The molecule has 0 aliphatic rings. The molecule has 2 aromatic heterocycles. The first kappa shape index (κ1) is 20.8. The molecular formula is C24H19N5O3S. The summed E-state index contributed by atoms with van der Waals surface area (Å²) in [5.74, 6) is 0.617. The predicted octanol–water partition coefficient (Wildman–Crippen LogP) is 4.00. The van der Waals surface area contributed by atoms with Gasteiger partial charge in [0.1, 0.15) is 11.1 Å². The SMILES string of the molecule is COc1ccc(-n2ncc3c(=O)[nH]c(SCC(=O)Nc4cccc5ccccc45)nc32)cc1. The van der Waals surface area contributed by atoms with E-state index in [0.29, 0.717) is 16.2 Å². The standard InChI is InChI=1S/C24H19N5O3S/c1-32-17-11-9-16(10-12-17)29-22-19(13-25-29)23(31)28-24(27-22)33-14-21(30)26-20-8-4-6-15-5-2-3-7-18(15)20/h2-13H,14H2,1H3,(H,26,30)(H,27,28,31). The number of benzene rings is 3. The first-order valence-electron chi connectivity index (χ1n) is 10.2. The van der Waals surface area contributed by atoms with Gasteiger partial charge in [-0.05, 0) is 35.7 Å². The van der Waals surface area contributed by atoms with Crippen molar-refractivity contribution >= 4 is 45.2 Å². The Morgan fingerprint density at radius 2 is 1.85 bits per heavy atom. The van der Waals surface area contributed by atoms with Crippen LogP contribution in [0.2, 0.25) is 0 Å². The van der Waals surface area contributed by atoms with Crippen molar-refractivity contribution in [2.75, 3.05) is 18.2 Å². The largest absolute Gasteiger partial charge is 0.497 e. The average molecular weight is 458 g/mol. The Hall–Kier alpha value is -4.11. The van der Waals surface area contributed by atoms with Crippen molar-refractivity contribution in [1.29, 1.82) is 0 Å². The number of carbonyl (C=O) groups excluding carboxylic acids is 1. The summed E-state index contributed by atoms with van der Waals surface area (Å²) >= 11 is 1.16. The van der Waals surface area contributed by atoms with Gasteiger partial charge < -0.3 is 15.0 Å². The summed E-state index contributed by atoms with van der Waals surface area (Å²) in [6.45, 7) is 0. The van der Waals surface area contributed by atoms with Crippen LogP contribution in [0.5, 0.6) is 5.75 Å². The maximum Gasteiger partial charge on any atom is 0.262 e. The summed E-state index contributed by atoms with van der Waals surface area (Å²) in [4.78, 5) is 32.4. The van der Waals surface area contributed by atoms with Gasteiger partial charge >= 0.3 is 0 Å². The molecule has 5 aromatic rings. The van der Waals surface area contributed by atoms with Gasteiger partial charge in [-0.2, -0.15) is 5.10 Å². The number of methoxy groups -OCH3 is 1. The smallest absolute Gasteiger partial charge is 0.262 e. The van der Waals surface area contributed by atoms with Gasteiger partial charge in [0.15, 0.2) is 10.8 Å². The van der Waals surface area contributed by atoms with Crippen LogP contribution in [0.1, 0.15) is 0 Å². The Bertz CT molecular complexity index is 1520. The molecule has 0 unspecified atom stereocenters. The molecule has 0 bridgehead atoms. The van der Waals surface area contributed by atoms with Crippen molar-refractivity contribution in [3.63, 3.8) is 0 Å². The summed E-state index contributed by atoms with van der Waals surface area (Å²) in [5, 5.41) is 9.98. The molecule has 3 aromatic carbocycles. The number of nitrogens with one attached hydrogen (secondary N) is 2. The van der Waals surface area contributed by atoms with Gasteiger partial charge in [0.05, 0.1) is 24.7 Å². The number of hydrogen-bond donors (Lipinski definition) is 2. The van der Waals surface area contributed by atoms with E-state index in [1.807, 2.05) is 66.7 Å². The summed E-state index contributed by atoms with van der Waals surface area (Å²) in [6, 6.07) is 20.9. The van der Waals surface area contributed by atoms with Crippen molar-refractivity contribution in [3.05, 3.63) is 83.3 Å². The zero-order valence-corrected chi connectivity index (χ0v) is 18.4. The Kier molecular flexibility index (Phi) is 5.54. The van der Waals surface area contributed by atoms with E-state index in [2.05, 4.69) is 20.4 Å². The van der Waals surface area contributed by atoms with Crippen LogP contribution in [0.3, 0.4) is 0 Å². The highest BCUT2D eigenvalue weighted by molar-refractivity contribution is 7.99. The average Bonchev–Trinajstić information content (AvgIpc) is 3.28. The van der Waals surface area contributed by atoms with E-state index >= 15 is 0 Å². The second kappa shape index (κ2) is 8.79. The number of anilines is 1. The number of nitrogens with zero attached hydrogens (tertiary/aromatic N) is 3. The Labute approximate surface area is 192 Å². The summed E-state index contributed by atoms with van der Waals surface area (Å²) in [5.41, 5.74) is 1.60. The van der Waals surface area contributed by atoms with Gasteiger partial charge in [-0.25, -0.2) is 9.67 Å². The van der Waals surface area contributed by atoms with Crippen LogP contribution in [0.4, 0.5) is 5.69 Å². The minimum absolute atomic E-state index is 0.0916. The molecule has 0 atom stereocenters.